The Balaban J connectivity index is 1.96. The van der Waals surface area contributed by atoms with Crippen LogP contribution >= 0.6 is 0 Å². The number of aromatic nitrogens is 4. The van der Waals surface area contributed by atoms with Crippen molar-refractivity contribution in [2.45, 2.75) is 19.3 Å². The summed E-state index contributed by atoms with van der Waals surface area (Å²) < 4.78 is 2.24. The standard InChI is InChI=1S/C14H17N5/c1-9-2-4-15-8-11(9)14-18-7-10-6-17-13-12(19(10)14)3-5-16-13/h3,5-7,9,11,15-16H,2,4,8H2,1H3/t9-,11?/m1/s1. The lowest BCUT2D eigenvalue weighted by Gasteiger charge is -2.28. The van der Waals surface area contributed by atoms with Crippen LogP contribution in [0.5, 0.6) is 0 Å². The van der Waals surface area contributed by atoms with Gasteiger partial charge in [-0.25, -0.2) is 9.97 Å². The van der Waals surface area contributed by atoms with Gasteiger partial charge in [-0.05, 0) is 24.9 Å². The van der Waals surface area contributed by atoms with Crippen LogP contribution in [0.15, 0.2) is 24.7 Å². The molecule has 5 heteroatoms. The molecule has 1 aliphatic rings. The Bertz CT molecular complexity index is 726. The first-order chi connectivity index (χ1) is 9.34. The molecular weight excluding hydrogens is 238 g/mol. The van der Waals surface area contributed by atoms with Crippen molar-refractivity contribution in [1.82, 2.24) is 24.7 Å². The third kappa shape index (κ3) is 1.58. The van der Waals surface area contributed by atoms with Gasteiger partial charge in [0.05, 0.1) is 23.4 Å². The molecule has 0 spiro atoms. The number of imidazole rings is 1. The van der Waals surface area contributed by atoms with E-state index in [-0.39, 0.29) is 0 Å². The summed E-state index contributed by atoms with van der Waals surface area (Å²) in [5.41, 5.74) is 3.10. The highest BCUT2D eigenvalue weighted by molar-refractivity contribution is 5.75. The van der Waals surface area contributed by atoms with Crippen LogP contribution in [0.3, 0.4) is 0 Å². The molecular formula is C14H17N5. The molecule has 0 bridgehead atoms. The molecule has 3 aromatic heterocycles. The van der Waals surface area contributed by atoms with Crippen molar-refractivity contribution >= 4 is 16.7 Å². The van der Waals surface area contributed by atoms with E-state index in [9.17, 15) is 0 Å². The van der Waals surface area contributed by atoms with Gasteiger partial charge in [0.2, 0.25) is 0 Å². The number of rotatable bonds is 1. The Labute approximate surface area is 111 Å². The van der Waals surface area contributed by atoms with Crippen LogP contribution in [-0.2, 0) is 0 Å². The Kier molecular flexibility index (Phi) is 2.35. The summed E-state index contributed by atoms with van der Waals surface area (Å²) >= 11 is 0. The van der Waals surface area contributed by atoms with Gasteiger partial charge in [0.1, 0.15) is 5.82 Å². The zero-order chi connectivity index (χ0) is 12.8. The maximum absolute atomic E-state index is 4.67. The average molecular weight is 255 g/mol. The number of nitrogens with one attached hydrogen (secondary N) is 2. The van der Waals surface area contributed by atoms with Crippen LogP contribution in [-0.4, -0.2) is 32.4 Å². The smallest absolute Gasteiger partial charge is 0.154 e. The van der Waals surface area contributed by atoms with Gasteiger partial charge in [0.25, 0.3) is 0 Å². The molecule has 2 atom stereocenters. The van der Waals surface area contributed by atoms with Crippen molar-refractivity contribution in [2.75, 3.05) is 13.1 Å². The first-order valence-electron chi connectivity index (χ1n) is 6.85. The second-order valence-electron chi connectivity index (χ2n) is 5.42. The summed E-state index contributed by atoms with van der Waals surface area (Å²) in [6.45, 7) is 4.44. The van der Waals surface area contributed by atoms with E-state index >= 15 is 0 Å². The minimum absolute atomic E-state index is 0.469. The Morgan fingerprint density at radius 1 is 1.32 bits per heavy atom. The van der Waals surface area contributed by atoms with Crippen LogP contribution in [0.4, 0.5) is 0 Å². The van der Waals surface area contributed by atoms with Crippen LogP contribution < -0.4 is 5.32 Å². The largest absolute Gasteiger partial charge is 0.345 e. The van der Waals surface area contributed by atoms with Gasteiger partial charge < -0.3 is 10.3 Å². The maximum atomic E-state index is 4.67. The van der Waals surface area contributed by atoms with Gasteiger partial charge in [-0.15, -0.1) is 0 Å². The quantitative estimate of drug-likeness (QED) is 0.698. The number of hydrogen-bond acceptors (Lipinski definition) is 3. The molecule has 0 saturated carbocycles. The minimum Gasteiger partial charge on any atom is -0.345 e. The molecule has 1 aliphatic heterocycles. The first-order valence-corrected chi connectivity index (χ1v) is 6.85. The molecule has 19 heavy (non-hydrogen) atoms. The summed E-state index contributed by atoms with van der Waals surface area (Å²) in [4.78, 5) is 12.3. The predicted octanol–water partition coefficient (Wildman–Crippen LogP) is 1.92. The van der Waals surface area contributed by atoms with Crippen LogP contribution in [0, 0.1) is 5.92 Å². The minimum atomic E-state index is 0.469. The van der Waals surface area contributed by atoms with E-state index in [4.69, 9.17) is 0 Å². The maximum Gasteiger partial charge on any atom is 0.154 e. The highest BCUT2D eigenvalue weighted by atomic mass is 15.1. The van der Waals surface area contributed by atoms with Crippen molar-refractivity contribution < 1.29 is 0 Å². The molecule has 98 valence electrons. The second-order valence-corrected chi connectivity index (χ2v) is 5.42. The SMILES string of the molecule is C[C@@H]1CCNCC1c1ncc2cnc3[nH]ccc3n12. The van der Waals surface area contributed by atoms with E-state index in [0.29, 0.717) is 11.8 Å². The summed E-state index contributed by atoms with van der Waals surface area (Å²) in [5.74, 6) is 2.28. The monoisotopic (exact) mass is 255 g/mol. The molecule has 1 saturated heterocycles. The highest BCUT2D eigenvalue weighted by Crippen LogP contribution is 2.29. The number of nitrogens with zero attached hydrogens (tertiary/aromatic N) is 3. The molecule has 1 fully saturated rings. The molecule has 3 aromatic rings. The lowest BCUT2D eigenvalue weighted by Crippen LogP contribution is -2.34. The van der Waals surface area contributed by atoms with Crippen molar-refractivity contribution in [3.8, 4) is 0 Å². The van der Waals surface area contributed by atoms with Crippen LogP contribution in [0.2, 0.25) is 0 Å². The Morgan fingerprint density at radius 3 is 3.11 bits per heavy atom. The second kappa shape index (κ2) is 4.06. The fraction of sp³-hybridized carbons (Fsp3) is 0.429. The molecule has 0 radical (unpaired) electrons. The number of H-pyrrole nitrogens is 1. The van der Waals surface area contributed by atoms with Crippen LogP contribution in [0.25, 0.3) is 16.7 Å². The molecule has 1 unspecified atom stereocenters. The van der Waals surface area contributed by atoms with E-state index in [1.54, 1.807) is 0 Å². The van der Waals surface area contributed by atoms with E-state index in [0.717, 1.165) is 35.6 Å². The van der Waals surface area contributed by atoms with Gasteiger partial charge in [0, 0.05) is 18.7 Å². The number of piperidine rings is 1. The third-order valence-corrected chi connectivity index (χ3v) is 4.25. The van der Waals surface area contributed by atoms with Gasteiger partial charge >= 0.3 is 0 Å². The zero-order valence-electron chi connectivity index (χ0n) is 10.9. The molecule has 0 aliphatic carbocycles. The number of aromatic amines is 1. The van der Waals surface area contributed by atoms with Crippen molar-refractivity contribution in [1.29, 1.82) is 0 Å². The van der Waals surface area contributed by atoms with Crippen molar-refractivity contribution in [3.05, 3.63) is 30.5 Å². The molecule has 4 heterocycles. The summed E-state index contributed by atoms with van der Waals surface area (Å²) in [7, 11) is 0. The number of fused-ring (bicyclic) bond motifs is 3. The third-order valence-electron chi connectivity index (χ3n) is 4.25. The molecule has 0 amide bonds. The van der Waals surface area contributed by atoms with Gasteiger partial charge in [-0.3, -0.25) is 4.40 Å². The van der Waals surface area contributed by atoms with E-state index in [1.165, 1.54) is 6.42 Å². The first kappa shape index (κ1) is 11.0. The van der Waals surface area contributed by atoms with Crippen molar-refractivity contribution in [2.24, 2.45) is 5.92 Å². The van der Waals surface area contributed by atoms with E-state index in [1.807, 2.05) is 18.6 Å². The van der Waals surface area contributed by atoms with Crippen LogP contribution in [0.1, 0.15) is 25.1 Å². The molecule has 4 rings (SSSR count). The fourth-order valence-corrected chi connectivity index (χ4v) is 3.10. The Morgan fingerprint density at radius 2 is 2.21 bits per heavy atom. The topological polar surface area (TPSA) is 58.0 Å². The van der Waals surface area contributed by atoms with E-state index in [2.05, 4.69) is 37.7 Å². The summed E-state index contributed by atoms with van der Waals surface area (Å²) in [6.07, 6.45) is 6.96. The van der Waals surface area contributed by atoms with E-state index < -0.39 is 0 Å². The zero-order valence-corrected chi connectivity index (χ0v) is 10.9. The molecule has 5 nitrogen and oxygen atoms in total. The number of hydrogen-bond donors (Lipinski definition) is 2. The molecule has 0 aromatic carbocycles. The summed E-state index contributed by atoms with van der Waals surface area (Å²) in [5, 5.41) is 3.48. The lowest BCUT2D eigenvalue weighted by molar-refractivity contribution is 0.337. The Hall–Kier alpha value is -1.88. The average Bonchev–Trinajstić information content (AvgIpc) is 3.04. The summed E-state index contributed by atoms with van der Waals surface area (Å²) in [6, 6.07) is 2.07. The van der Waals surface area contributed by atoms with Gasteiger partial charge in [0.15, 0.2) is 5.65 Å². The highest BCUT2D eigenvalue weighted by Gasteiger charge is 2.26. The molecule has 2 N–H and O–H groups in total. The lowest BCUT2D eigenvalue weighted by atomic mass is 9.87. The fourth-order valence-electron chi connectivity index (χ4n) is 3.10. The van der Waals surface area contributed by atoms with Crippen molar-refractivity contribution in [3.63, 3.8) is 0 Å². The predicted molar refractivity (Wildman–Crippen MR) is 74.2 cm³/mol. The normalized spacial score (nSPS) is 24.3. The van der Waals surface area contributed by atoms with Gasteiger partial charge in [-0.1, -0.05) is 6.92 Å². The van der Waals surface area contributed by atoms with Gasteiger partial charge in [-0.2, -0.15) is 0 Å².